The fourth-order valence-corrected chi connectivity index (χ4v) is 3.76. The molecule has 0 aliphatic carbocycles. The molecule has 1 aromatic heterocycles. The van der Waals surface area contributed by atoms with Gasteiger partial charge < -0.3 is 10.0 Å². The largest absolute Gasteiger partial charge is 0.391 e. The van der Waals surface area contributed by atoms with Crippen LogP contribution in [0.1, 0.15) is 4.88 Å². The van der Waals surface area contributed by atoms with E-state index in [-0.39, 0.29) is 6.61 Å². The molecule has 0 radical (unpaired) electrons. The summed E-state index contributed by atoms with van der Waals surface area (Å²) in [5, 5.41) is 10.1. The average Bonchev–Trinajstić information content (AvgIpc) is 2.69. The van der Waals surface area contributed by atoms with Crippen LogP contribution in [0.15, 0.2) is 0 Å². The molecule has 0 bridgehead atoms. The van der Waals surface area contributed by atoms with Gasteiger partial charge in [0.25, 0.3) is 0 Å². The highest BCUT2D eigenvalue weighted by Crippen LogP contribution is 2.30. The van der Waals surface area contributed by atoms with Gasteiger partial charge in [0.1, 0.15) is 5.15 Å². The second-order valence-corrected chi connectivity index (χ2v) is 7.42. The number of hydrogen-bond acceptors (Lipinski definition) is 6. The second-order valence-electron chi connectivity index (χ2n) is 4.02. The lowest BCUT2D eigenvalue weighted by atomic mass is 10.4. The Morgan fingerprint density at radius 2 is 2.00 bits per heavy atom. The van der Waals surface area contributed by atoms with Crippen molar-refractivity contribution in [3.05, 3.63) is 10.0 Å². The lowest BCUT2D eigenvalue weighted by Crippen LogP contribution is -2.48. The molecule has 0 amide bonds. The van der Waals surface area contributed by atoms with E-state index >= 15 is 0 Å². The minimum Gasteiger partial charge on any atom is -0.391 e. The molecule has 0 aromatic carbocycles. The first-order valence-electron chi connectivity index (χ1n) is 5.38. The molecule has 1 aliphatic heterocycles. The third kappa shape index (κ3) is 2.94. The number of sulfonamides is 1. The third-order valence-corrected chi connectivity index (χ3v) is 5.59. The van der Waals surface area contributed by atoms with Gasteiger partial charge in [0.05, 0.1) is 17.7 Å². The molecule has 0 atom stereocenters. The topological polar surface area (TPSA) is 73.7 Å². The monoisotopic (exact) mass is 311 g/mol. The van der Waals surface area contributed by atoms with Gasteiger partial charge >= 0.3 is 0 Å². The maximum Gasteiger partial charge on any atom is 0.211 e. The molecule has 9 heteroatoms. The number of anilines is 1. The normalized spacial score (nSPS) is 18.3. The van der Waals surface area contributed by atoms with Crippen molar-refractivity contribution in [2.75, 3.05) is 37.3 Å². The number of aliphatic hydroxyl groups is 1. The Morgan fingerprint density at radius 1 is 1.39 bits per heavy atom. The van der Waals surface area contributed by atoms with Crippen molar-refractivity contribution in [2.45, 2.75) is 6.61 Å². The first-order valence-corrected chi connectivity index (χ1v) is 8.42. The molecule has 1 aromatic rings. The van der Waals surface area contributed by atoms with Crippen molar-refractivity contribution >= 4 is 38.1 Å². The number of thiazole rings is 1. The zero-order valence-corrected chi connectivity index (χ0v) is 12.2. The number of nitrogens with zero attached hydrogens (tertiary/aromatic N) is 3. The van der Waals surface area contributed by atoms with Crippen molar-refractivity contribution in [3.63, 3.8) is 0 Å². The van der Waals surface area contributed by atoms with E-state index in [1.807, 2.05) is 4.90 Å². The minimum atomic E-state index is -3.12. The Kier molecular flexibility index (Phi) is 4.12. The van der Waals surface area contributed by atoms with Crippen molar-refractivity contribution in [2.24, 2.45) is 0 Å². The van der Waals surface area contributed by atoms with Gasteiger partial charge in [-0.25, -0.2) is 13.4 Å². The first-order chi connectivity index (χ1) is 8.41. The number of piperazine rings is 1. The zero-order chi connectivity index (χ0) is 13.3. The molecule has 0 unspecified atom stereocenters. The van der Waals surface area contributed by atoms with Gasteiger partial charge in [-0.1, -0.05) is 22.9 Å². The van der Waals surface area contributed by atoms with E-state index in [9.17, 15) is 8.42 Å². The molecule has 6 nitrogen and oxygen atoms in total. The van der Waals surface area contributed by atoms with E-state index in [0.717, 1.165) is 5.13 Å². The van der Waals surface area contributed by atoms with Gasteiger partial charge in [-0.3, -0.25) is 0 Å². The van der Waals surface area contributed by atoms with Crippen LogP contribution in [-0.2, 0) is 16.6 Å². The van der Waals surface area contributed by atoms with E-state index in [1.54, 1.807) is 0 Å². The van der Waals surface area contributed by atoms with Gasteiger partial charge in [0.15, 0.2) is 5.13 Å². The van der Waals surface area contributed by atoms with Crippen LogP contribution in [0.25, 0.3) is 0 Å². The van der Waals surface area contributed by atoms with Crippen LogP contribution in [-0.4, -0.2) is 55.2 Å². The predicted molar refractivity (Wildman–Crippen MR) is 71.7 cm³/mol. The number of halogens is 1. The molecule has 1 aliphatic rings. The standard InChI is InChI=1S/C9H14ClN3O3S2/c1-18(15,16)13-4-2-12(3-5-13)9-11-8(10)7(6-14)17-9/h14H,2-6H2,1H3. The van der Waals surface area contributed by atoms with Crippen LogP contribution in [0.5, 0.6) is 0 Å². The summed E-state index contributed by atoms with van der Waals surface area (Å²) in [4.78, 5) is 6.79. The van der Waals surface area contributed by atoms with Gasteiger partial charge in [0.2, 0.25) is 10.0 Å². The van der Waals surface area contributed by atoms with Crippen LogP contribution in [0.2, 0.25) is 5.15 Å². The summed E-state index contributed by atoms with van der Waals surface area (Å²) < 4.78 is 24.2. The smallest absolute Gasteiger partial charge is 0.211 e. The van der Waals surface area contributed by atoms with Crippen molar-refractivity contribution < 1.29 is 13.5 Å². The molecule has 102 valence electrons. The van der Waals surface area contributed by atoms with E-state index in [4.69, 9.17) is 16.7 Å². The average molecular weight is 312 g/mol. The number of hydrogen-bond donors (Lipinski definition) is 1. The summed E-state index contributed by atoms with van der Waals surface area (Å²) in [6.45, 7) is 1.94. The maximum absolute atomic E-state index is 11.4. The van der Waals surface area contributed by atoms with Crippen LogP contribution in [0, 0.1) is 0 Å². The van der Waals surface area contributed by atoms with E-state index in [0.29, 0.717) is 36.2 Å². The summed E-state index contributed by atoms with van der Waals surface area (Å²) in [6, 6.07) is 0. The fraction of sp³-hybridized carbons (Fsp3) is 0.667. The van der Waals surface area contributed by atoms with E-state index in [2.05, 4.69) is 4.98 Å². The van der Waals surface area contributed by atoms with E-state index < -0.39 is 10.0 Å². The van der Waals surface area contributed by atoms with Crippen molar-refractivity contribution in [3.8, 4) is 0 Å². The molecular formula is C9H14ClN3O3S2. The van der Waals surface area contributed by atoms with Gasteiger partial charge in [-0.05, 0) is 0 Å². The Labute approximate surface area is 115 Å². The van der Waals surface area contributed by atoms with Crippen LogP contribution < -0.4 is 4.90 Å². The van der Waals surface area contributed by atoms with Crippen LogP contribution >= 0.6 is 22.9 Å². The first kappa shape index (κ1) is 14.0. The van der Waals surface area contributed by atoms with Crippen LogP contribution in [0.4, 0.5) is 5.13 Å². The molecule has 2 heterocycles. The highest BCUT2D eigenvalue weighted by molar-refractivity contribution is 7.88. The number of aliphatic hydroxyl groups excluding tert-OH is 1. The van der Waals surface area contributed by atoms with Crippen molar-refractivity contribution in [1.29, 1.82) is 0 Å². The lowest BCUT2D eigenvalue weighted by molar-refractivity contribution is 0.285. The quantitative estimate of drug-likeness (QED) is 0.873. The molecule has 2 rings (SSSR count). The van der Waals surface area contributed by atoms with Gasteiger partial charge in [-0.2, -0.15) is 4.31 Å². The van der Waals surface area contributed by atoms with E-state index in [1.165, 1.54) is 21.9 Å². The summed E-state index contributed by atoms with van der Waals surface area (Å²) in [5.74, 6) is 0. The Hall–Kier alpha value is -0.410. The summed E-state index contributed by atoms with van der Waals surface area (Å²) in [5.41, 5.74) is 0. The predicted octanol–water partition coefficient (Wildman–Crippen LogP) is 0.370. The summed E-state index contributed by atoms with van der Waals surface area (Å²) in [6.07, 6.45) is 1.22. The molecule has 1 N–H and O–H groups in total. The molecular weight excluding hydrogens is 298 g/mol. The SMILES string of the molecule is CS(=O)(=O)N1CCN(c2nc(Cl)c(CO)s2)CC1. The molecule has 1 fully saturated rings. The highest BCUT2D eigenvalue weighted by Gasteiger charge is 2.25. The molecule has 0 spiro atoms. The summed E-state index contributed by atoms with van der Waals surface area (Å²) >= 11 is 7.21. The number of aromatic nitrogens is 1. The molecule has 18 heavy (non-hydrogen) atoms. The Balaban J connectivity index is 2.05. The zero-order valence-electron chi connectivity index (χ0n) is 9.84. The second kappa shape index (κ2) is 5.30. The molecule has 1 saturated heterocycles. The summed E-state index contributed by atoms with van der Waals surface area (Å²) in [7, 11) is -3.12. The number of rotatable bonds is 3. The molecule has 0 saturated carbocycles. The van der Waals surface area contributed by atoms with Gasteiger partial charge in [0, 0.05) is 26.2 Å². The fourth-order valence-electron chi connectivity index (χ4n) is 1.77. The van der Waals surface area contributed by atoms with Crippen LogP contribution in [0.3, 0.4) is 0 Å². The lowest BCUT2D eigenvalue weighted by Gasteiger charge is -2.32. The Bertz CT molecular complexity index is 523. The maximum atomic E-state index is 11.4. The van der Waals surface area contributed by atoms with Crippen molar-refractivity contribution in [1.82, 2.24) is 9.29 Å². The highest BCUT2D eigenvalue weighted by atomic mass is 35.5. The minimum absolute atomic E-state index is 0.125. The Morgan fingerprint density at radius 3 is 2.44 bits per heavy atom. The third-order valence-electron chi connectivity index (χ3n) is 2.76. The van der Waals surface area contributed by atoms with Gasteiger partial charge in [-0.15, -0.1) is 0 Å².